The standard InChI is InChI=1S/C17H19N3O3S/c1-3-4-5-15(21)19-17-18-12(10-24-17)11-6-7-14-13(8-11)20(2)16(22)9-23-14/h6-8,10H,3-5,9H2,1-2H3,(H,18,19,21). The lowest BCUT2D eigenvalue weighted by Gasteiger charge is -2.26. The molecule has 0 saturated carbocycles. The van der Waals surface area contributed by atoms with Crippen LogP contribution >= 0.6 is 11.3 Å². The third kappa shape index (κ3) is 3.41. The SMILES string of the molecule is CCCCC(=O)Nc1nc(-c2ccc3c(c2)N(C)C(=O)CO3)cs1. The second-order valence-electron chi connectivity index (χ2n) is 5.61. The maximum absolute atomic E-state index is 11.8. The van der Waals surface area contributed by atoms with Crippen molar-refractivity contribution >= 4 is 34.0 Å². The van der Waals surface area contributed by atoms with E-state index in [1.807, 2.05) is 23.6 Å². The summed E-state index contributed by atoms with van der Waals surface area (Å²) in [5, 5.41) is 5.30. The van der Waals surface area contributed by atoms with Gasteiger partial charge in [0.15, 0.2) is 11.7 Å². The van der Waals surface area contributed by atoms with Gasteiger partial charge in [-0.3, -0.25) is 9.59 Å². The Morgan fingerprint density at radius 3 is 3.08 bits per heavy atom. The summed E-state index contributed by atoms with van der Waals surface area (Å²) < 4.78 is 5.43. The molecule has 24 heavy (non-hydrogen) atoms. The topological polar surface area (TPSA) is 71.5 Å². The Morgan fingerprint density at radius 2 is 2.29 bits per heavy atom. The number of hydrogen-bond donors (Lipinski definition) is 1. The number of benzene rings is 1. The number of nitrogens with zero attached hydrogens (tertiary/aromatic N) is 2. The van der Waals surface area contributed by atoms with Gasteiger partial charge < -0.3 is 15.0 Å². The lowest BCUT2D eigenvalue weighted by Crippen LogP contribution is -2.35. The smallest absolute Gasteiger partial charge is 0.264 e. The number of amides is 2. The quantitative estimate of drug-likeness (QED) is 0.902. The number of ether oxygens (including phenoxy) is 1. The van der Waals surface area contributed by atoms with Gasteiger partial charge in [0.25, 0.3) is 5.91 Å². The molecule has 0 bridgehead atoms. The van der Waals surface area contributed by atoms with Crippen LogP contribution in [0.4, 0.5) is 10.8 Å². The van der Waals surface area contributed by atoms with Crippen LogP contribution in [0.15, 0.2) is 23.6 Å². The Balaban J connectivity index is 1.78. The number of thiazole rings is 1. The van der Waals surface area contributed by atoms with Gasteiger partial charge in [-0.25, -0.2) is 4.98 Å². The van der Waals surface area contributed by atoms with Crippen LogP contribution in [-0.2, 0) is 9.59 Å². The van der Waals surface area contributed by atoms with Crippen molar-refractivity contribution in [3.8, 4) is 17.0 Å². The number of likely N-dealkylation sites (N-methyl/N-ethyl adjacent to an activating group) is 1. The molecule has 126 valence electrons. The van der Waals surface area contributed by atoms with Crippen LogP contribution in [0.3, 0.4) is 0 Å². The summed E-state index contributed by atoms with van der Waals surface area (Å²) >= 11 is 1.39. The Labute approximate surface area is 144 Å². The number of unbranched alkanes of at least 4 members (excludes halogenated alkanes) is 1. The first-order chi connectivity index (χ1) is 11.6. The highest BCUT2D eigenvalue weighted by Crippen LogP contribution is 2.36. The zero-order valence-electron chi connectivity index (χ0n) is 13.7. The molecule has 0 atom stereocenters. The van der Waals surface area contributed by atoms with Gasteiger partial charge in [0.05, 0.1) is 11.4 Å². The molecular weight excluding hydrogens is 326 g/mol. The van der Waals surface area contributed by atoms with E-state index < -0.39 is 0 Å². The van der Waals surface area contributed by atoms with E-state index >= 15 is 0 Å². The highest BCUT2D eigenvalue weighted by atomic mass is 32.1. The number of hydrogen-bond acceptors (Lipinski definition) is 5. The van der Waals surface area contributed by atoms with E-state index in [0.29, 0.717) is 17.3 Å². The first kappa shape index (κ1) is 16.4. The van der Waals surface area contributed by atoms with Crippen molar-refractivity contribution in [2.24, 2.45) is 0 Å². The zero-order valence-corrected chi connectivity index (χ0v) is 14.5. The number of carbonyl (C=O) groups is 2. The van der Waals surface area contributed by atoms with E-state index in [-0.39, 0.29) is 18.4 Å². The molecule has 1 aromatic heterocycles. The predicted molar refractivity (Wildman–Crippen MR) is 94.6 cm³/mol. The fourth-order valence-corrected chi connectivity index (χ4v) is 3.15. The van der Waals surface area contributed by atoms with Gasteiger partial charge in [-0.2, -0.15) is 0 Å². The molecule has 0 radical (unpaired) electrons. The summed E-state index contributed by atoms with van der Waals surface area (Å²) in [5.74, 6) is 0.591. The Hall–Kier alpha value is -2.41. The molecule has 0 saturated heterocycles. The Morgan fingerprint density at radius 1 is 1.46 bits per heavy atom. The van der Waals surface area contributed by atoms with Crippen LogP contribution in [0.1, 0.15) is 26.2 Å². The fourth-order valence-electron chi connectivity index (χ4n) is 2.41. The average Bonchev–Trinajstić information content (AvgIpc) is 3.04. The van der Waals surface area contributed by atoms with Crippen molar-refractivity contribution in [1.82, 2.24) is 4.98 Å². The van der Waals surface area contributed by atoms with Gasteiger partial charge in [-0.1, -0.05) is 13.3 Å². The van der Waals surface area contributed by atoms with Crippen LogP contribution in [0.25, 0.3) is 11.3 Å². The molecule has 1 aliphatic rings. The third-order valence-electron chi connectivity index (χ3n) is 3.85. The van der Waals surface area contributed by atoms with Crippen molar-refractivity contribution in [3.63, 3.8) is 0 Å². The number of aromatic nitrogens is 1. The first-order valence-electron chi connectivity index (χ1n) is 7.87. The van der Waals surface area contributed by atoms with E-state index in [9.17, 15) is 9.59 Å². The molecule has 2 aromatic rings. The number of anilines is 2. The number of fused-ring (bicyclic) bond motifs is 1. The van der Waals surface area contributed by atoms with Crippen LogP contribution in [0, 0.1) is 0 Å². The van der Waals surface area contributed by atoms with Gasteiger partial charge >= 0.3 is 0 Å². The minimum absolute atomic E-state index is 0.0121. The zero-order chi connectivity index (χ0) is 17.1. The molecule has 1 aromatic carbocycles. The van der Waals surface area contributed by atoms with E-state index in [0.717, 1.165) is 29.8 Å². The normalized spacial score (nSPS) is 13.4. The highest BCUT2D eigenvalue weighted by molar-refractivity contribution is 7.14. The fraction of sp³-hybridized carbons (Fsp3) is 0.353. The molecule has 2 amide bonds. The second kappa shape index (κ2) is 7.00. The summed E-state index contributed by atoms with van der Waals surface area (Å²) in [4.78, 5) is 29.6. The molecular formula is C17H19N3O3S. The van der Waals surface area contributed by atoms with Crippen molar-refractivity contribution in [2.45, 2.75) is 26.2 Å². The van der Waals surface area contributed by atoms with Gasteiger partial charge in [0.1, 0.15) is 5.75 Å². The van der Waals surface area contributed by atoms with Gasteiger partial charge in [-0.15, -0.1) is 11.3 Å². The average molecular weight is 345 g/mol. The van der Waals surface area contributed by atoms with E-state index in [2.05, 4.69) is 17.2 Å². The van der Waals surface area contributed by atoms with Gasteiger partial charge in [0.2, 0.25) is 5.91 Å². The molecule has 3 rings (SSSR count). The lowest BCUT2D eigenvalue weighted by atomic mass is 10.1. The maximum Gasteiger partial charge on any atom is 0.264 e. The molecule has 0 unspecified atom stereocenters. The van der Waals surface area contributed by atoms with Crippen LogP contribution < -0.4 is 15.0 Å². The molecule has 6 nitrogen and oxygen atoms in total. The number of rotatable bonds is 5. The molecule has 0 fully saturated rings. The molecule has 2 heterocycles. The maximum atomic E-state index is 11.8. The molecule has 1 N–H and O–H groups in total. The van der Waals surface area contributed by atoms with Crippen molar-refractivity contribution in [2.75, 3.05) is 23.9 Å². The van der Waals surface area contributed by atoms with Gasteiger partial charge in [0, 0.05) is 24.4 Å². The van der Waals surface area contributed by atoms with Crippen molar-refractivity contribution in [1.29, 1.82) is 0 Å². The summed E-state index contributed by atoms with van der Waals surface area (Å²) in [6, 6.07) is 5.62. The highest BCUT2D eigenvalue weighted by Gasteiger charge is 2.22. The minimum atomic E-state index is -0.0817. The lowest BCUT2D eigenvalue weighted by molar-refractivity contribution is -0.121. The van der Waals surface area contributed by atoms with Gasteiger partial charge in [-0.05, 0) is 24.6 Å². The summed E-state index contributed by atoms with van der Waals surface area (Å²) in [5.41, 5.74) is 2.37. The second-order valence-corrected chi connectivity index (χ2v) is 6.47. The van der Waals surface area contributed by atoms with Crippen molar-refractivity contribution in [3.05, 3.63) is 23.6 Å². The summed E-state index contributed by atoms with van der Waals surface area (Å²) in [7, 11) is 1.73. The summed E-state index contributed by atoms with van der Waals surface area (Å²) in [6.45, 7) is 2.11. The van der Waals surface area contributed by atoms with Crippen LogP contribution in [-0.4, -0.2) is 30.5 Å². The Kier molecular flexibility index (Phi) is 4.80. The monoisotopic (exact) mass is 345 g/mol. The number of nitrogens with one attached hydrogen (secondary N) is 1. The third-order valence-corrected chi connectivity index (χ3v) is 4.61. The van der Waals surface area contributed by atoms with E-state index in [1.54, 1.807) is 11.9 Å². The van der Waals surface area contributed by atoms with E-state index in [1.165, 1.54) is 11.3 Å². The first-order valence-corrected chi connectivity index (χ1v) is 8.75. The number of carbonyl (C=O) groups excluding carboxylic acids is 2. The van der Waals surface area contributed by atoms with Crippen LogP contribution in [0.2, 0.25) is 0 Å². The molecule has 1 aliphatic heterocycles. The van der Waals surface area contributed by atoms with Crippen molar-refractivity contribution < 1.29 is 14.3 Å². The van der Waals surface area contributed by atoms with E-state index in [4.69, 9.17) is 4.74 Å². The minimum Gasteiger partial charge on any atom is -0.482 e. The predicted octanol–water partition coefficient (Wildman–Crippen LogP) is 3.29. The molecule has 7 heteroatoms. The van der Waals surface area contributed by atoms with Crippen LogP contribution in [0.5, 0.6) is 5.75 Å². The largest absolute Gasteiger partial charge is 0.482 e. The summed E-state index contributed by atoms with van der Waals surface area (Å²) in [6.07, 6.45) is 2.36. The molecule has 0 spiro atoms. The molecule has 0 aliphatic carbocycles. The Bertz CT molecular complexity index is 772.